The van der Waals surface area contributed by atoms with Gasteiger partial charge < -0.3 is 9.63 Å². The molecule has 0 saturated carbocycles. The summed E-state index contributed by atoms with van der Waals surface area (Å²) in [6.07, 6.45) is 0.280. The predicted molar refractivity (Wildman–Crippen MR) is 37.3 cm³/mol. The van der Waals surface area contributed by atoms with Gasteiger partial charge in [0.1, 0.15) is 5.78 Å². The van der Waals surface area contributed by atoms with Gasteiger partial charge in [0.15, 0.2) is 0 Å². The number of ketones is 1. The van der Waals surface area contributed by atoms with E-state index in [9.17, 15) is 9.59 Å². The maximum atomic E-state index is 10.2. The van der Waals surface area contributed by atoms with Crippen molar-refractivity contribution in [2.45, 2.75) is 19.8 Å². The average Bonchev–Trinajstić information content (AvgIpc) is 1.83. The summed E-state index contributed by atoms with van der Waals surface area (Å²) in [7, 11) is 0. The van der Waals surface area contributed by atoms with Gasteiger partial charge in [-0.25, -0.2) is 0 Å². The van der Waals surface area contributed by atoms with E-state index in [4.69, 9.17) is 0 Å². The summed E-state index contributed by atoms with van der Waals surface area (Å²) in [5.41, 5.74) is 0. The van der Waals surface area contributed by atoms with Crippen LogP contribution in [0.15, 0.2) is 0 Å². The minimum atomic E-state index is -0.551. The normalized spacial score (nSPS) is 7.80. The number of hydrogen-bond donors (Lipinski definition) is 1. The zero-order chi connectivity index (χ0) is 7.28. The molecule has 0 aliphatic heterocycles. The Morgan fingerprint density at radius 2 is 1.90 bits per heavy atom. The second-order valence-electron chi connectivity index (χ2n) is 1.69. The van der Waals surface area contributed by atoms with Gasteiger partial charge in [-0.05, 0) is 6.92 Å². The molecule has 0 aliphatic rings. The summed E-state index contributed by atoms with van der Waals surface area (Å²) in [6, 6.07) is 0. The van der Waals surface area contributed by atoms with Gasteiger partial charge in [0.05, 0.1) is 6.42 Å². The molecule has 0 heterocycles. The van der Waals surface area contributed by atoms with Crippen LogP contribution in [0.4, 0.5) is 0 Å². The first kappa shape index (κ1) is 12.7. The van der Waals surface area contributed by atoms with Gasteiger partial charge in [-0.2, -0.15) is 5.90 Å². The third kappa shape index (κ3) is 8.10. The van der Waals surface area contributed by atoms with E-state index in [1.807, 2.05) is 0 Å². The van der Waals surface area contributed by atoms with E-state index < -0.39 is 5.97 Å². The Labute approximate surface area is 81.3 Å². The van der Waals surface area contributed by atoms with E-state index in [0.29, 0.717) is 0 Å². The van der Waals surface area contributed by atoms with Crippen molar-refractivity contribution in [1.82, 2.24) is 0 Å². The van der Waals surface area contributed by atoms with Crippen molar-refractivity contribution in [3.05, 3.63) is 0 Å². The molecular formula is C5H10NNaO3. The predicted octanol–water partition coefficient (Wildman–Crippen LogP) is -0.876. The quantitative estimate of drug-likeness (QED) is 0.424. The Morgan fingerprint density at radius 1 is 1.40 bits per heavy atom. The van der Waals surface area contributed by atoms with Crippen LogP contribution in [-0.2, 0) is 14.4 Å². The summed E-state index contributed by atoms with van der Waals surface area (Å²) in [4.78, 5) is 24.2. The molecule has 0 bridgehead atoms. The Kier molecular flexibility index (Phi) is 9.19. The number of Topliss-reactive ketones (excluding diaryl/α,β-unsaturated/α-hetero) is 1. The molecule has 0 aromatic heterocycles. The summed E-state index contributed by atoms with van der Waals surface area (Å²) in [5, 5.41) is 0. The molecule has 0 aromatic carbocycles. The van der Waals surface area contributed by atoms with E-state index in [0.717, 1.165) is 0 Å². The van der Waals surface area contributed by atoms with Crippen LogP contribution in [0.25, 0.3) is 0 Å². The fourth-order valence-electron chi connectivity index (χ4n) is 0.337. The molecular weight excluding hydrogens is 145 g/mol. The standard InChI is InChI=1S/C5H9NO3.Na.H/c1-4(7)2-3-5(8)9-6;;/h2-3,6H2,1H3;;. The second kappa shape index (κ2) is 7.21. The topological polar surface area (TPSA) is 69.4 Å². The van der Waals surface area contributed by atoms with Gasteiger partial charge >= 0.3 is 35.5 Å². The van der Waals surface area contributed by atoms with Gasteiger partial charge in [0, 0.05) is 6.42 Å². The molecule has 2 N–H and O–H groups in total. The van der Waals surface area contributed by atoms with Crippen LogP contribution in [0, 0.1) is 0 Å². The van der Waals surface area contributed by atoms with Crippen molar-refractivity contribution in [2.75, 3.05) is 0 Å². The summed E-state index contributed by atoms with van der Waals surface area (Å²) < 4.78 is 0. The molecule has 0 atom stereocenters. The summed E-state index contributed by atoms with van der Waals surface area (Å²) in [5.74, 6) is 3.91. The zero-order valence-corrected chi connectivity index (χ0v) is 5.22. The van der Waals surface area contributed by atoms with E-state index in [1.54, 1.807) is 0 Å². The Morgan fingerprint density at radius 3 is 2.20 bits per heavy atom. The SMILES string of the molecule is CC(=O)CCC(=O)ON.[NaH]. The van der Waals surface area contributed by atoms with E-state index in [2.05, 4.69) is 10.7 Å². The first-order chi connectivity index (χ1) is 4.16. The average molecular weight is 155 g/mol. The van der Waals surface area contributed by atoms with Crippen LogP contribution in [0.2, 0.25) is 0 Å². The number of nitrogens with two attached hydrogens (primary N) is 1. The van der Waals surface area contributed by atoms with Gasteiger partial charge in [-0.3, -0.25) is 4.79 Å². The van der Waals surface area contributed by atoms with Crippen molar-refractivity contribution in [1.29, 1.82) is 0 Å². The summed E-state index contributed by atoms with van der Waals surface area (Å²) in [6.45, 7) is 1.41. The van der Waals surface area contributed by atoms with Crippen molar-refractivity contribution in [3.63, 3.8) is 0 Å². The van der Waals surface area contributed by atoms with Crippen molar-refractivity contribution >= 4 is 41.3 Å². The Bertz CT molecular complexity index is 126. The van der Waals surface area contributed by atoms with Crippen molar-refractivity contribution in [2.24, 2.45) is 5.90 Å². The van der Waals surface area contributed by atoms with Crippen LogP contribution in [0.3, 0.4) is 0 Å². The van der Waals surface area contributed by atoms with Crippen molar-refractivity contribution < 1.29 is 14.4 Å². The van der Waals surface area contributed by atoms with E-state index in [-0.39, 0.29) is 48.2 Å². The molecule has 5 heteroatoms. The molecule has 0 unspecified atom stereocenters. The number of carbonyl (C=O) groups is 2. The number of rotatable bonds is 3. The Balaban J connectivity index is 0. The molecule has 0 rings (SSSR count). The Hall–Kier alpha value is 0.1000. The van der Waals surface area contributed by atoms with Crippen LogP contribution >= 0.6 is 0 Å². The molecule has 4 nitrogen and oxygen atoms in total. The molecule has 0 fully saturated rings. The van der Waals surface area contributed by atoms with Crippen molar-refractivity contribution in [3.8, 4) is 0 Å². The van der Waals surface area contributed by atoms with Gasteiger partial charge in [-0.15, -0.1) is 0 Å². The second-order valence-corrected chi connectivity index (χ2v) is 1.69. The molecule has 0 aromatic rings. The van der Waals surface area contributed by atoms with Gasteiger partial charge in [0.2, 0.25) is 0 Å². The fraction of sp³-hybridized carbons (Fsp3) is 0.600. The van der Waals surface area contributed by atoms with Crippen LogP contribution < -0.4 is 5.90 Å². The molecule has 54 valence electrons. The van der Waals surface area contributed by atoms with Crippen LogP contribution in [0.1, 0.15) is 19.8 Å². The monoisotopic (exact) mass is 155 g/mol. The summed E-state index contributed by atoms with van der Waals surface area (Å²) >= 11 is 0. The van der Waals surface area contributed by atoms with E-state index in [1.165, 1.54) is 6.92 Å². The molecule has 0 saturated heterocycles. The molecule has 0 spiro atoms. The van der Waals surface area contributed by atoms with Crippen LogP contribution in [-0.4, -0.2) is 41.3 Å². The van der Waals surface area contributed by atoms with Crippen LogP contribution in [0.5, 0.6) is 0 Å². The van der Waals surface area contributed by atoms with Gasteiger partial charge in [-0.1, -0.05) is 0 Å². The molecule has 10 heavy (non-hydrogen) atoms. The first-order valence-corrected chi connectivity index (χ1v) is 2.56. The third-order valence-electron chi connectivity index (χ3n) is 0.813. The van der Waals surface area contributed by atoms with Gasteiger partial charge in [0.25, 0.3) is 0 Å². The maximum absolute atomic E-state index is 10.2. The molecule has 0 aliphatic carbocycles. The zero-order valence-electron chi connectivity index (χ0n) is 5.22. The number of carbonyl (C=O) groups excluding carboxylic acids is 2. The third-order valence-corrected chi connectivity index (χ3v) is 0.813. The molecule has 0 radical (unpaired) electrons. The number of hydrogen-bond acceptors (Lipinski definition) is 4. The minimum absolute atomic E-state index is 0. The fourth-order valence-corrected chi connectivity index (χ4v) is 0.337. The first-order valence-electron chi connectivity index (χ1n) is 2.56. The molecule has 0 amide bonds. The van der Waals surface area contributed by atoms with E-state index >= 15 is 0 Å².